The number of allylic oxidation sites excluding steroid dienone is 1. The van der Waals surface area contributed by atoms with E-state index in [1.807, 2.05) is 4.90 Å². The van der Waals surface area contributed by atoms with E-state index in [1.54, 1.807) is 6.07 Å². The Hall–Kier alpha value is -4.59. The molecule has 0 atom stereocenters. The molecule has 1 fully saturated rings. The van der Waals surface area contributed by atoms with Gasteiger partial charge in [-0.25, -0.2) is 13.5 Å². The number of fused-ring (bicyclic) bond motifs is 1. The molecule has 2 aromatic carbocycles. The van der Waals surface area contributed by atoms with E-state index in [-0.39, 0.29) is 36.4 Å². The topological polar surface area (TPSA) is 105 Å². The molecule has 3 heterocycles. The van der Waals surface area contributed by atoms with Gasteiger partial charge in [0.05, 0.1) is 23.1 Å². The van der Waals surface area contributed by atoms with Crippen molar-refractivity contribution in [2.75, 3.05) is 44.2 Å². The fourth-order valence-electron chi connectivity index (χ4n) is 5.40. The van der Waals surface area contributed by atoms with Gasteiger partial charge in [0.25, 0.3) is 11.8 Å². The van der Waals surface area contributed by atoms with Gasteiger partial charge >= 0.3 is 6.18 Å². The smallest absolute Gasteiger partial charge is 0.370 e. The van der Waals surface area contributed by atoms with Crippen molar-refractivity contribution in [2.24, 2.45) is 5.73 Å². The Morgan fingerprint density at radius 3 is 2.25 bits per heavy atom. The number of piperazine rings is 1. The first-order valence-electron chi connectivity index (χ1n) is 13.9. The Morgan fingerprint density at radius 1 is 0.932 bits per heavy atom. The average Bonchev–Trinajstić information content (AvgIpc) is 3.42. The van der Waals surface area contributed by atoms with Gasteiger partial charge in [0.15, 0.2) is 5.69 Å². The summed E-state index contributed by atoms with van der Waals surface area (Å²) < 4.78 is 74.9. The zero-order valence-electron chi connectivity index (χ0n) is 23.4. The minimum atomic E-state index is -4.99. The van der Waals surface area contributed by atoms with Crippen LogP contribution in [0.3, 0.4) is 0 Å². The average molecular weight is 617 g/mol. The SMILES string of the molecule is NC(=O)CCN1CCN(C(=O)/C=C2/c3ccccc3N(C(=O)c3cnn(-c4ccccc4)c3C(F)(F)F)CCC2(F)F)CC1. The summed E-state index contributed by atoms with van der Waals surface area (Å²) in [5.74, 6) is -5.84. The number of amides is 3. The number of aromatic nitrogens is 2. The molecular weight excluding hydrogens is 587 g/mol. The first-order chi connectivity index (χ1) is 20.9. The summed E-state index contributed by atoms with van der Waals surface area (Å²) in [6.07, 6.45) is -4.13. The first kappa shape index (κ1) is 30.9. The number of nitrogens with zero attached hydrogens (tertiary/aromatic N) is 5. The van der Waals surface area contributed by atoms with E-state index in [1.165, 1.54) is 53.4 Å². The predicted molar refractivity (Wildman–Crippen MR) is 151 cm³/mol. The highest BCUT2D eigenvalue weighted by Gasteiger charge is 2.45. The number of alkyl halides is 5. The lowest BCUT2D eigenvalue weighted by atomic mass is 9.96. The van der Waals surface area contributed by atoms with Gasteiger partial charge in [0, 0.05) is 69.3 Å². The van der Waals surface area contributed by atoms with Crippen LogP contribution in [0.4, 0.5) is 27.6 Å². The second kappa shape index (κ2) is 12.2. The van der Waals surface area contributed by atoms with Gasteiger partial charge in [-0.3, -0.25) is 19.3 Å². The quantitative estimate of drug-likeness (QED) is 0.334. The van der Waals surface area contributed by atoms with Crippen LogP contribution in [0.1, 0.15) is 34.5 Å². The largest absolute Gasteiger partial charge is 0.434 e. The minimum Gasteiger partial charge on any atom is -0.370 e. The van der Waals surface area contributed by atoms with Crippen molar-refractivity contribution in [2.45, 2.75) is 24.9 Å². The Balaban J connectivity index is 1.47. The molecule has 0 radical (unpaired) electrons. The van der Waals surface area contributed by atoms with Gasteiger partial charge in [-0.05, 0) is 18.2 Å². The molecule has 0 aliphatic carbocycles. The van der Waals surface area contributed by atoms with Crippen LogP contribution in [0.15, 0.2) is 66.9 Å². The summed E-state index contributed by atoms with van der Waals surface area (Å²) in [7, 11) is 0. The molecule has 0 unspecified atom stereocenters. The molecule has 1 aromatic heterocycles. The highest BCUT2D eigenvalue weighted by atomic mass is 19.4. The fourth-order valence-corrected chi connectivity index (χ4v) is 5.40. The van der Waals surface area contributed by atoms with E-state index in [0.29, 0.717) is 24.3 Å². The number of anilines is 1. The van der Waals surface area contributed by atoms with Crippen LogP contribution >= 0.6 is 0 Å². The van der Waals surface area contributed by atoms with Crippen molar-refractivity contribution >= 4 is 29.0 Å². The second-order valence-electron chi connectivity index (χ2n) is 10.5. The van der Waals surface area contributed by atoms with Gasteiger partial charge in [-0.15, -0.1) is 0 Å². The molecule has 3 aromatic rings. The molecule has 232 valence electrons. The maximum absolute atomic E-state index is 15.7. The molecule has 0 bridgehead atoms. The van der Waals surface area contributed by atoms with E-state index in [0.717, 1.165) is 17.2 Å². The molecule has 14 heteroatoms. The van der Waals surface area contributed by atoms with Gasteiger partial charge in [0.2, 0.25) is 11.8 Å². The number of halogens is 5. The third kappa shape index (κ3) is 6.34. The normalized spacial score (nSPS) is 18.2. The molecule has 2 aliphatic heterocycles. The van der Waals surface area contributed by atoms with Crippen LogP contribution in [-0.4, -0.2) is 82.5 Å². The molecule has 3 amide bonds. The minimum absolute atomic E-state index is 0.0504. The lowest BCUT2D eigenvalue weighted by Gasteiger charge is -2.34. The molecule has 9 nitrogen and oxygen atoms in total. The Morgan fingerprint density at radius 2 is 1.59 bits per heavy atom. The number of hydrogen-bond donors (Lipinski definition) is 1. The standard InChI is InChI=1S/C30H29F5N6O3/c31-29(32)11-13-40(28(44)22-19-37-41(27(22)30(33,34)35)20-6-2-1-3-7-20)24-9-5-4-8-21(24)23(29)18-26(43)39-16-14-38(15-17-39)12-10-25(36)42/h1-9,18-19H,10-17H2,(H2,36,42)/b23-18-. The predicted octanol–water partition coefficient (Wildman–Crippen LogP) is 3.98. The van der Waals surface area contributed by atoms with Crippen molar-refractivity contribution < 1.29 is 36.3 Å². The summed E-state index contributed by atoms with van der Waals surface area (Å²) in [6, 6.07) is 13.0. The van der Waals surface area contributed by atoms with Crippen molar-refractivity contribution in [3.05, 3.63) is 83.7 Å². The summed E-state index contributed by atoms with van der Waals surface area (Å²) in [6.45, 7) is 1.15. The highest BCUT2D eigenvalue weighted by Crippen LogP contribution is 2.44. The monoisotopic (exact) mass is 616 g/mol. The van der Waals surface area contributed by atoms with E-state index in [4.69, 9.17) is 5.73 Å². The third-order valence-electron chi connectivity index (χ3n) is 7.67. The lowest BCUT2D eigenvalue weighted by Crippen LogP contribution is -2.49. The zero-order valence-corrected chi connectivity index (χ0v) is 23.4. The van der Waals surface area contributed by atoms with E-state index in [2.05, 4.69) is 5.10 Å². The number of benzene rings is 2. The maximum atomic E-state index is 15.7. The molecule has 5 rings (SSSR count). The Bertz CT molecular complexity index is 1580. The van der Waals surface area contributed by atoms with Crippen molar-refractivity contribution in [1.29, 1.82) is 0 Å². The zero-order chi connectivity index (χ0) is 31.6. The second-order valence-corrected chi connectivity index (χ2v) is 10.5. The summed E-state index contributed by atoms with van der Waals surface area (Å²) in [5, 5.41) is 3.82. The van der Waals surface area contributed by atoms with Crippen LogP contribution in [0.25, 0.3) is 11.3 Å². The lowest BCUT2D eigenvalue weighted by molar-refractivity contribution is -0.143. The van der Waals surface area contributed by atoms with Crippen LogP contribution in [0.2, 0.25) is 0 Å². The molecular formula is C30H29F5N6O3. The number of para-hydroxylation sites is 2. The molecule has 0 spiro atoms. The molecule has 2 N–H and O–H groups in total. The number of primary amides is 1. The summed E-state index contributed by atoms with van der Waals surface area (Å²) in [5.41, 5.74) is 2.32. The molecule has 0 saturated carbocycles. The summed E-state index contributed by atoms with van der Waals surface area (Å²) >= 11 is 0. The molecule has 2 aliphatic rings. The van der Waals surface area contributed by atoms with Crippen LogP contribution in [-0.2, 0) is 15.8 Å². The Labute approximate surface area is 249 Å². The van der Waals surface area contributed by atoms with E-state index in [9.17, 15) is 27.6 Å². The maximum Gasteiger partial charge on any atom is 0.434 e. The third-order valence-corrected chi connectivity index (χ3v) is 7.67. The van der Waals surface area contributed by atoms with E-state index >= 15 is 8.78 Å². The van der Waals surface area contributed by atoms with Crippen molar-refractivity contribution in [3.63, 3.8) is 0 Å². The van der Waals surface area contributed by atoms with Gasteiger partial charge in [-0.1, -0.05) is 36.4 Å². The number of carbonyl (C=O) groups is 3. The van der Waals surface area contributed by atoms with Gasteiger partial charge in [-0.2, -0.15) is 18.3 Å². The molecule has 44 heavy (non-hydrogen) atoms. The number of carbonyl (C=O) groups excluding carboxylic acids is 3. The fraction of sp³-hybridized carbons (Fsp3) is 0.333. The van der Waals surface area contributed by atoms with Crippen LogP contribution < -0.4 is 10.6 Å². The van der Waals surface area contributed by atoms with E-state index < -0.39 is 59.6 Å². The van der Waals surface area contributed by atoms with Gasteiger partial charge in [0.1, 0.15) is 0 Å². The van der Waals surface area contributed by atoms with Crippen molar-refractivity contribution in [1.82, 2.24) is 19.6 Å². The summed E-state index contributed by atoms with van der Waals surface area (Å²) in [4.78, 5) is 42.2. The number of hydrogen-bond acceptors (Lipinski definition) is 5. The van der Waals surface area contributed by atoms with Crippen LogP contribution in [0.5, 0.6) is 0 Å². The molecule has 1 saturated heterocycles. The van der Waals surface area contributed by atoms with Gasteiger partial charge < -0.3 is 15.5 Å². The first-order valence-corrected chi connectivity index (χ1v) is 13.9. The van der Waals surface area contributed by atoms with Crippen LogP contribution in [0, 0.1) is 0 Å². The van der Waals surface area contributed by atoms with Crippen molar-refractivity contribution in [3.8, 4) is 5.69 Å². The number of rotatable bonds is 6. The Kier molecular flexibility index (Phi) is 8.55. The number of nitrogens with two attached hydrogens (primary N) is 1. The highest BCUT2D eigenvalue weighted by molar-refractivity contribution is 6.09.